The Balaban J connectivity index is 2.03. The number of aliphatic hydroxyl groups excluding tert-OH is 1. The molecule has 1 fully saturated rings. The molecule has 3 nitrogen and oxygen atoms in total. The van der Waals surface area contributed by atoms with Gasteiger partial charge in [-0.1, -0.05) is 41.8 Å². The maximum absolute atomic E-state index is 11.2. The summed E-state index contributed by atoms with van der Waals surface area (Å²) in [5, 5.41) is 12.7. The van der Waals surface area contributed by atoms with Crippen LogP contribution < -0.4 is 0 Å². The number of hydrogen-bond donors (Lipinski definition) is 1. The van der Waals surface area contributed by atoms with E-state index >= 15 is 0 Å². The number of nitrogens with zero attached hydrogens (tertiary/aromatic N) is 1. The van der Waals surface area contributed by atoms with Crippen molar-refractivity contribution < 1.29 is 5.11 Å². The van der Waals surface area contributed by atoms with Crippen LogP contribution in [-0.2, 0) is 6.61 Å². The molecule has 0 amide bonds. The standard InChI is InChI=1S/C17H21NO2/c19-11-12-4-3-7-14(10-12)17-15(8-9-16(17)18-20)13-5-1-2-6-13/h3-4,7,10,13,16,19H,1-2,5-6,8-9,11H2. The van der Waals surface area contributed by atoms with Crippen LogP contribution in [0.3, 0.4) is 0 Å². The summed E-state index contributed by atoms with van der Waals surface area (Å²) < 4.78 is 0. The fourth-order valence-electron chi connectivity index (χ4n) is 3.80. The molecular formula is C17H21NO2. The summed E-state index contributed by atoms with van der Waals surface area (Å²) in [5.74, 6) is 0.648. The summed E-state index contributed by atoms with van der Waals surface area (Å²) in [6.45, 7) is 0.0407. The van der Waals surface area contributed by atoms with Gasteiger partial charge < -0.3 is 5.11 Å². The zero-order valence-electron chi connectivity index (χ0n) is 11.7. The Labute approximate surface area is 119 Å². The Hall–Kier alpha value is -1.48. The highest BCUT2D eigenvalue weighted by Gasteiger charge is 2.32. The molecule has 1 N–H and O–H groups in total. The van der Waals surface area contributed by atoms with Gasteiger partial charge in [0.1, 0.15) is 6.04 Å². The van der Waals surface area contributed by atoms with Crippen molar-refractivity contribution in [3.05, 3.63) is 45.9 Å². The third kappa shape index (κ3) is 2.42. The van der Waals surface area contributed by atoms with Crippen molar-refractivity contribution in [2.24, 2.45) is 11.1 Å². The lowest BCUT2D eigenvalue weighted by Gasteiger charge is -2.16. The maximum atomic E-state index is 11.2. The normalized spacial score (nSPS) is 23.6. The third-order valence-corrected chi connectivity index (χ3v) is 4.76. The van der Waals surface area contributed by atoms with Crippen molar-refractivity contribution in [3.63, 3.8) is 0 Å². The van der Waals surface area contributed by atoms with Gasteiger partial charge in [0.2, 0.25) is 0 Å². The highest BCUT2D eigenvalue weighted by Crippen LogP contribution is 2.44. The fourth-order valence-corrected chi connectivity index (χ4v) is 3.80. The second kappa shape index (κ2) is 5.88. The summed E-state index contributed by atoms with van der Waals surface area (Å²) >= 11 is 0. The molecule has 0 radical (unpaired) electrons. The maximum Gasteiger partial charge on any atom is 0.118 e. The molecule has 106 valence electrons. The Kier molecular flexibility index (Phi) is 3.97. The van der Waals surface area contributed by atoms with Gasteiger partial charge in [-0.15, -0.1) is 0 Å². The van der Waals surface area contributed by atoms with E-state index in [-0.39, 0.29) is 12.6 Å². The first-order chi connectivity index (χ1) is 9.83. The van der Waals surface area contributed by atoms with Crippen LogP contribution in [0.5, 0.6) is 0 Å². The Morgan fingerprint density at radius 3 is 2.70 bits per heavy atom. The van der Waals surface area contributed by atoms with Crippen LogP contribution in [0.4, 0.5) is 0 Å². The molecule has 1 unspecified atom stereocenters. The lowest BCUT2D eigenvalue weighted by molar-refractivity contribution is 0.282. The van der Waals surface area contributed by atoms with Crippen LogP contribution in [0, 0.1) is 10.8 Å². The van der Waals surface area contributed by atoms with E-state index in [4.69, 9.17) is 0 Å². The summed E-state index contributed by atoms with van der Waals surface area (Å²) in [6.07, 6.45) is 6.98. The van der Waals surface area contributed by atoms with E-state index in [9.17, 15) is 10.0 Å². The van der Waals surface area contributed by atoms with Crippen LogP contribution in [0.15, 0.2) is 35.0 Å². The first-order valence-corrected chi connectivity index (χ1v) is 7.59. The molecule has 1 aromatic carbocycles. The minimum Gasteiger partial charge on any atom is -0.392 e. The van der Waals surface area contributed by atoms with Crippen molar-refractivity contribution in [3.8, 4) is 0 Å². The number of hydrogen-bond acceptors (Lipinski definition) is 3. The topological polar surface area (TPSA) is 49.7 Å². The first-order valence-electron chi connectivity index (χ1n) is 7.59. The molecule has 20 heavy (non-hydrogen) atoms. The predicted molar refractivity (Wildman–Crippen MR) is 80.1 cm³/mol. The van der Waals surface area contributed by atoms with Gasteiger partial charge in [0, 0.05) is 0 Å². The van der Waals surface area contributed by atoms with Crippen molar-refractivity contribution in [2.45, 2.75) is 51.2 Å². The molecule has 3 heteroatoms. The largest absolute Gasteiger partial charge is 0.392 e. The highest BCUT2D eigenvalue weighted by atomic mass is 16.3. The van der Waals surface area contributed by atoms with Gasteiger partial charge in [0.25, 0.3) is 0 Å². The fraction of sp³-hybridized carbons (Fsp3) is 0.529. The van der Waals surface area contributed by atoms with E-state index < -0.39 is 0 Å². The van der Waals surface area contributed by atoms with Crippen molar-refractivity contribution in [2.75, 3.05) is 0 Å². The Morgan fingerprint density at radius 1 is 1.20 bits per heavy atom. The number of nitroso groups, excluding NO2 is 1. The number of benzene rings is 1. The molecule has 0 aromatic heterocycles. The third-order valence-electron chi connectivity index (χ3n) is 4.76. The molecule has 0 spiro atoms. The van der Waals surface area contributed by atoms with Gasteiger partial charge in [0.15, 0.2) is 0 Å². The van der Waals surface area contributed by atoms with E-state index in [0.29, 0.717) is 5.92 Å². The average molecular weight is 271 g/mol. The number of rotatable bonds is 4. The van der Waals surface area contributed by atoms with Crippen LogP contribution in [0.1, 0.15) is 49.7 Å². The van der Waals surface area contributed by atoms with Crippen LogP contribution in [0.25, 0.3) is 5.57 Å². The minimum atomic E-state index is -0.195. The quantitative estimate of drug-likeness (QED) is 0.840. The Bertz CT molecular complexity index is 530. The van der Waals surface area contributed by atoms with Gasteiger partial charge in [-0.25, -0.2) is 0 Å². The lowest BCUT2D eigenvalue weighted by Crippen LogP contribution is -2.04. The molecular weight excluding hydrogens is 250 g/mol. The summed E-state index contributed by atoms with van der Waals surface area (Å²) in [6, 6.07) is 7.73. The molecule has 1 atom stereocenters. The van der Waals surface area contributed by atoms with E-state index in [1.54, 1.807) is 0 Å². The van der Waals surface area contributed by atoms with Gasteiger partial charge in [-0.3, -0.25) is 0 Å². The SMILES string of the molecule is O=NC1CCC(C2CCCC2)=C1c1cccc(CO)c1. The minimum absolute atomic E-state index is 0.0407. The van der Waals surface area contributed by atoms with E-state index in [1.807, 2.05) is 24.3 Å². The van der Waals surface area contributed by atoms with Gasteiger partial charge in [-0.05, 0) is 54.4 Å². The molecule has 0 heterocycles. The molecule has 1 aromatic rings. The van der Waals surface area contributed by atoms with Gasteiger partial charge in [-0.2, -0.15) is 4.91 Å². The zero-order valence-corrected chi connectivity index (χ0v) is 11.7. The molecule has 2 aliphatic carbocycles. The van der Waals surface area contributed by atoms with E-state index in [0.717, 1.165) is 29.5 Å². The predicted octanol–water partition coefficient (Wildman–Crippen LogP) is 4.05. The second-order valence-corrected chi connectivity index (χ2v) is 5.94. The Morgan fingerprint density at radius 2 is 2.00 bits per heavy atom. The summed E-state index contributed by atoms with van der Waals surface area (Å²) in [5.41, 5.74) is 4.60. The van der Waals surface area contributed by atoms with Crippen molar-refractivity contribution in [1.82, 2.24) is 0 Å². The van der Waals surface area contributed by atoms with Crippen molar-refractivity contribution in [1.29, 1.82) is 0 Å². The molecule has 2 aliphatic rings. The van der Waals surface area contributed by atoms with Crippen LogP contribution in [0.2, 0.25) is 0 Å². The van der Waals surface area contributed by atoms with E-state index in [1.165, 1.54) is 31.3 Å². The average Bonchev–Trinajstić information content (AvgIpc) is 3.15. The van der Waals surface area contributed by atoms with E-state index in [2.05, 4.69) is 5.18 Å². The summed E-state index contributed by atoms with van der Waals surface area (Å²) in [4.78, 5) is 11.2. The smallest absolute Gasteiger partial charge is 0.118 e. The second-order valence-electron chi connectivity index (χ2n) is 5.94. The number of allylic oxidation sites excluding steroid dienone is 1. The monoisotopic (exact) mass is 271 g/mol. The van der Waals surface area contributed by atoms with Crippen LogP contribution >= 0.6 is 0 Å². The molecule has 3 rings (SSSR count). The first kappa shape index (κ1) is 13.5. The molecule has 0 aliphatic heterocycles. The highest BCUT2D eigenvalue weighted by molar-refractivity contribution is 5.75. The lowest BCUT2D eigenvalue weighted by atomic mass is 9.90. The van der Waals surface area contributed by atoms with Gasteiger partial charge in [0.05, 0.1) is 6.61 Å². The molecule has 1 saturated carbocycles. The van der Waals surface area contributed by atoms with Crippen molar-refractivity contribution >= 4 is 5.57 Å². The summed E-state index contributed by atoms with van der Waals surface area (Å²) in [7, 11) is 0. The number of aliphatic hydroxyl groups is 1. The van der Waals surface area contributed by atoms with Gasteiger partial charge >= 0.3 is 0 Å². The molecule has 0 saturated heterocycles. The zero-order chi connectivity index (χ0) is 13.9. The van der Waals surface area contributed by atoms with Crippen LogP contribution in [-0.4, -0.2) is 11.1 Å². The molecule has 0 bridgehead atoms.